The van der Waals surface area contributed by atoms with Crippen molar-refractivity contribution in [1.82, 2.24) is 4.90 Å². The van der Waals surface area contributed by atoms with Crippen molar-refractivity contribution in [2.45, 2.75) is 32.2 Å². The lowest BCUT2D eigenvalue weighted by Crippen LogP contribution is -2.20. The Hall–Kier alpha value is -0.380. The predicted molar refractivity (Wildman–Crippen MR) is 78.9 cm³/mol. The van der Waals surface area contributed by atoms with Gasteiger partial charge in [0.05, 0.1) is 0 Å². The molecule has 1 aliphatic rings. The van der Waals surface area contributed by atoms with Crippen LogP contribution in [0.25, 0.3) is 0 Å². The van der Waals surface area contributed by atoms with E-state index in [1.807, 2.05) is 0 Å². The maximum Gasteiger partial charge on any atom is 0.0471 e. The fraction of sp³-hybridized carbons (Fsp3) is 0.600. The Balaban J connectivity index is 2.21. The lowest BCUT2D eigenvalue weighted by atomic mass is 9.88. The minimum Gasteiger partial charge on any atom is -0.381 e. The smallest absolute Gasteiger partial charge is 0.0471 e. The largest absolute Gasteiger partial charge is 0.381 e. The average molecular weight is 312 g/mol. The van der Waals surface area contributed by atoms with Gasteiger partial charge in [-0.15, -0.1) is 0 Å². The zero-order valence-corrected chi connectivity index (χ0v) is 12.9. The first-order valence-corrected chi connectivity index (χ1v) is 7.54. The van der Waals surface area contributed by atoms with E-state index in [4.69, 9.17) is 4.74 Å². The third-order valence-corrected chi connectivity index (χ3v) is 4.24. The number of rotatable bonds is 4. The van der Waals surface area contributed by atoms with Crippen molar-refractivity contribution in [1.29, 1.82) is 0 Å². The molecule has 0 bridgehead atoms. The molecular formula is C15H22BrNO. The van der Waals surface area contributed by atoms with Gasteiger partial charge >= 0.3 is 0 Å². The standard InChI is InChI=1S/C15H22BrNO/c1-3-17(2)11-13-10-14(16)4-5-15(13)12-6-8-18-9-7-12/h4-5,10,12H,3,6-9,11H2,1-2H3. The summed E-state index contributed by atoms with van der Waals surface area (Å²) in [7, 11) is 2.18. The summed E-state index contributed by atoms with van der Waals surface area (Å²) in [5.74, 6) is 0.673. The highest BCUT2D eigenvalue weighted by molar-refractivity contribution is 9.10. The number of ether oxygens (including phenoxy) is 1. The average Bonchev–Trinajstić information content (AvgIpc) is 2.40. The number of nitrogens with zero attached hydrogens (tertiary/aromatic N) is 1. The molecule has 18 heavy (non-hydrogen) atoms. The molecule has 0 aliphatic carbocycles. The summed E-state index contributed by atoms with van der Waals surface area (Å²) in [6.07, 6.45) is 2.31. The van der Waals surface area contributed by atoms with Crippen LogP contribution in [0.3, 0.4) is 0 Å². The van der Waals surface area contributed by atoms with Crippen LogP contribution >= 0.6 is 15.9 Å². The van der Waals surface area contributed by atoms with Crippen LogP contribution in [0.5, 0.6) is 0 Å². The molecule has 1 aliphatic heterocycles. The number of halogens is 1. The Morgan fingerprint density at radius 2 is 2.06 bits per heavy atom. The molecule has 0 spiro atoms. The van der Waals surface area contributed by atoms with Gasteiger partial charge in [-0.1, -0.05) is 28.9 Å². The Kier molecular flexibility index (Phi) is 5.22. The predicted octanol–water partition coefficient (Wildman–Crippen LogP) is 3.79. The van der Waals surface area contributed by atoms with E-state index < -0.39 is 0 Å². The summed E-state index contributed by atoms with van der Waals surface area (Å²) in [4.78, 5) is 2.35. The second-order valence-corrected chi connectivity index (χ2v) is 5.98. The van der Waals surface area contributed by atoms with E-state index in [9.17, 15) is 0 Å². The van der Waals surface area contributed by atoms with Crippen LogP contribution < -0.4 is 0 Å². The van der Waals surface area contributed by atoms with E-state index in [0.29, 0.717) is 5.92 Å². The van der Waals surface area contributed by atoms with Crippen LogP contribution in [0.15, 0.2) is 22.7 Å². The highest BCUT2D eigenvalue weighted by atomic mass is 79.9. The van der Waals surface area contributed by atoms with E-state index in [1.165, 1.54) is 15.6 Å². The maximum absolute atomic E-state index is 5.47. The lowest BCUT2D eigenvalue weighted by molar-refractivity contribution is 0.0850. The van der Waals surface area contributed by atoms with Crippen LogP contribution in [-0.4, -0.2) is 31.7 Å². The number of hydrogen-bond donors (Lipinski definition) is 0. The molecule has 1 fully saturated rings. The van der Waals surface area contributed by atoms with Gasteiger partial charge in [0.1, 0.15) is 0 Å². The minimum atomic E-state index is 0.673. The molecule has 1 heterocycles. The van der Waals surface area contributed by atoms with Gasteiger partial charge in [-0.05, 0) is 55.6 Å². The van der Waals surface area contributed by atoms with E-state index >= 15 is 0 Å². The second kappa shape index (κ2) is 6.69. The Morgan fingerprint density at radius 3 is 2.72 bits per heavy atom. The monoisotopic (exact) mass is 311 g/mol. The second-order valence-electron chi connectivity index (χ2n) is 5.06. The molecule has 0 radical (unpaired) electrons. The first-order chi connectivity index (χ1) is 8.70. The van der Waals surface area contributed by atoms with Crippen molar-refractivity contribution < 1.29 is 4.74 Å². The van der Waals surface area contributed by atoms with Crippen LogP contribution in [-0.2, 0) is 11.3 Å². The van der Waals surface area contributed by atoms with E-state index in [0.717, 1.165) is 39.1 Å². The molecule has 1 saturated heterocycles. The van der Waals surface area contributed by atoms with Crippen molar-refractivity contribution >= 4 is 15.9 Å². The third kappa shape index (κ3) is 3.56. The van der Waals surface area contributed by atoms with Crippen LogP contribution in [0, 0.1) is 0 Å². The van der Waals surface area contributed by atoms with Crippen LogP contribution in [0.4, 0.5) is 0 Å². The molecule has 0 aromatic heterocycles. The molecule has 0 atom stereocenters. The Bertz CT molecular complexity index is 388. The molecule has 3 heteroatoms. The SMILES string of the molecule is CCN(C)Cc1cc(Br)ccc1C1CCOCC1. The van der Waals surface area contributed by atoms with Crippen molar-refractivity contribution in [3.8, 4) is 0 Å². The topological polar surface area (TPSA) is 12.5 Å². The number of benzene rings is 1. The summed E-state index contributed by atoms with van der Waals surface area (Å²) in [6, 6.07) is 6.73. The summed E-state index contributed by atoms with van der Waals surface area (Å²) in [6.45, 7) is 6.13. The molecule has 1 aromatic carbocycles. The van der Waals surface area contributed by atoms with Gasteiger partial charge in [0.2, 0.25) is 0 Å². The first kappa shape index (κ1) is 14.0. The highest BCUT2D eigenvalue weighted by Crippen LogP contribution is 2.31. The van der Waals surface area contributed by atoms with Gasteiger partial charge in [-0.25, -0.2) is 0 Å². The molecule has 100 valence electrons. The van der Waals surface area contributed by atoms with Gasteiger partial charge in [-0.2, -0.15) is 0 Å². The van der Waals surface area contributed by atoms with Crippen molar-refractivity contribution in [3.05, 3.63) is 33.8 Å². The van der Waals surface area contributed by atoms with E-state index in [-0.39, 0.29) is 0 Å². The van der Waals surface area contributed by atoms with Crippen molar-refractivity contribution in [2.75, 3.05) is 26.8 Å². The normalized spacial score (nSPS) is 17.3. The van der Waals surface area contributed by atoms with Crippen LogP contribution in [0.1, 0.15) is 36.8 Å². The first-order valence-electron chi connectivity index (χ1n) is 6.75. The summed E-state index contributed by atoms with van der Waals surface area (Å²) in [5.41, 5.74) is 2.97. The van der Waals surface area contributed by atoms with E-state index in [1.54, 1.807) is 0 Å². The molecule has 0 amide bonds. The molecule has 0 saturated carbocycles. The molecule has 0 N–H and O–H groups in total. The van der Waals surface area contributed by atoms with Crippen molar-refractivity contribution in [3.63, 3.8) is 0 Å². The van der Waals surface area contributed by atoms with Gasteiger partial charge < -0.3 is 9.64 Å². The number of hydrogen-bond acceptors (Lipinski definition) is 2. The fourth-order valence-electron chi connectivity index (χ4n) is 2.52. The summed E-state index contributed by atoms with van der Waals surface area (Å²) >= 11 is 3.59. The Labute approximate surface area is 118 Å². The quantitative estimate of drug-likeness (QED) is 0.838. The molecule has 1 aromatic rings. The third-order valence-electron chi connectivity index (χ3n) is 3.75. The fourth-order valence-corrected chi connectivity index (χ4v) is 2.93. The minimum absolute atomic E-state index is 0.673. The molecule has 2 nitrogen and oxygen atoms in total. The lowest BCUT2D eigenvalue weighted by Gasteiger charge is -2.26. The highest BCUT2D eigenvalue weighted by Gasteiger charge is 2.19. The van der Waals surface area contributed by atoms with E-state index in [2.05, 4.69) is 53.0 Å². The van der Waals surface area contributed by atoms with Crippen molar-refractivity contribution in [2.24, 2.45) is 0 Å². The summed E-state index contributed by atoms with van der Waals surface area (Å²) < 4.78 is 6.65. The molecule has 2 rings (SSSR count). The zero-order chi connectivity index (χ0) is 13.0. The zero-order valence-electron chi connectivity index (χ0n) is 11.3. The summed E-state index contributed by atoms with van der Waals surface area (Å²) in [5, 5.41) is 0. The van der Waals surface area contributed by atoms with Gasteiger partial charge in [0.25, 0.3) is 0 Å². The molecule has 0 unspecified atom stereocenters. The maximum atomic E-state index is 5.47. The van der Waals surface area contributed by atoms with Gasteiger partial charge in [0, 0.05) is 24.2 Å². The van der Waals surface area contributed by atoms with Gasteiger partial charge in [-0.3, -0.25) is 0 Å². The van der Waals surface area contributed by atoms with Crippen LogP contribution in [0.2, 0.25) is 0 Å². The Morgan fingerprint density at radius 1 is 1.33 bits per heavy atom. The molecular weight excluding hydrogens is 290 g/mol. The van der Waals surface area contributed by atoms with Gasteiger partial charge in [0.15, 0.2) is 0 Å².